The van der Waals surface area contributed by atoms with Crippen LogP contribution in [0.4, 0.5) is 0 Å². The SMILES string of the molecule is Cc1cc(-c2ccc3s[c-]c(-c4nc5ccccc5n4-c4ccc(-c5ccccc5)cc4)c3c2)ccn1.[Ir].[c-]1ccccc1-c1ccccn1. The monoisotopic (exact) mass is 839 g/mol. The molecule has 5 aromatic carbocycles. The number of aryl methyl sites for hydroxylation is 1. The third kappa shape index (κ3) is 6.83. The first kappa shape index (κ1) is 33.0. The van der Waals surface area contributed by atoms with E-state index in [1.807, 2.05) is 67.7 Å². The van der Waals surface area contributed by atoms with E-state index in [2.05, 4.69) is 123 Å². The fourth-order valence-electron chi connectivity index (χ4n) is 6.01. The van der Waals surface area contributed by atoms with Crippen LogP contribution in [0.15, 0.2) is 164 Å². The second kappa shape index (κ2) is 14.9. The Kier molecular flexibility index (Phi) is 9.86. The molecule has 0 aliphatic heterocycles. The van der Waals surface area contributed by atoms with Gasteiger partial charge in [-0.15, -0.1) is 41.3 Å². The smallest absolute Gasteiger partial charge is 0.0774 e. The summed E-state index contributed by atoms with van der Waals surface area (Å²) >= 11 is 1.64. The van der Waals surface area contributed by atoms with E-state index in [-0.39, 0.29) is 20.1 Å². The van der Waals surface area contributed by atoms with Crippen molar-refractivity contribution >= 4 is 32.5 Å². The molecule has 1 radical (unpaired) electrons. The summed E-state index contributed by atoms with van der Waals surface area (Å²) in [4.78, 5) is 13.7. The predicted octanol–water partition coefficient (Wildman–Crippen LogP) is 11.3. The summed E-state index contributed by atoms with van der Waals surface area (Å²) in [6.45, 7) is 2.03. The Hall–Kier alpha value is -5.52. The van der Waals surface area contributed by atoms with Crippen LogP contribution in [-0.4, -0.2) is 19.5 Å². The van der Waals surface area contributed by atoms with E-state index in [1.165, 1.54) is 21.4 Å². The van der Waals surface area contributed by atoms with Gasteiger partial charge in [0.2, 0.25) is 0 Å². The van der Waals surface area contributed by atoms with Gasteiger partial charge in [-0.1, -0.05) is 101 Å². The Morgan fingerprint density at radius 3 is 2.14 bits per heavy atom. The number of aromatic nitrogens is 4. The Bertz CT molecular complexity index is 2450. The number of hydrogen-bond donors (Lipinski definition) is 0. The number of nitrogens with zero attached hydrogens (tertiary/aromatic N) is 4. The van der Waals surface area contributed by atoms with E-state index >= 15 is 0 Å². The largest absolute Gasteiger partial charge is 0.333 e. The van der Waals surface area contributed by atoms with Gasteiger partial charge in [0.1, 0.15) is 0 Å². The van der Waals surface area contributed by atoms with Crippen molar-refractivity contribution in [1.29, 1.82) is 0 Å². The summed E-state index contributed by atoms with van der Waals surface area (Å²) in [5, 5.41) is 4.74. The van der Waals surface area contributed by atoms with Gasteiger partial charge in [-0.2, -0.15) is 0 Å². The minimum absolute atomic E-state index is 0. The standard InChI is InChI=1S/C33H22N3S.C11H8N.Ir/c1-22-19-26(17-18-34-22)25-13-16-32-28(20-25)29(21-37-32)33-35-30-9-5-6-10-31(30)36(33)27-14-11-24(12-15-27)23-7-3-2-4-8-23;1-2-6-10(7-3-1)11-8-4-5-9-12-11;/h2-20H,1H3;1-6,8-9H;/q2*-1;. The Morgan fingerprint density at radius 1 is 0.620 bits per heavy atom. The Morgan fingerprint density at radius 2 is 1.36 bits per heavy atom. The van der Waals surface area contributed by atoms with Gasteiger partial charge in [0.05, 0.1) is 16.9 Å². The van der Waals surface area contributed by atoms with Crippen LogP contribution in [0.25, 0.3) is 71.7 Å². The number of rotatable bonds is 5. The van der Waals surface area contributed by atoms with Crippen LogP contribution in [0.2, 0.25) is 0 Å². The second-order valence-corrected chi connectivity index (χ2v) is 12.5. The van der Waals surface area contributed by atoms with Crippen molar-refractivity contribution in [2.45, 2.75) is 6.92 Å². The van der Waals surface area contributed by atoms with Gasteiger partial charge in [-0.3, -0.25) is 21.3 Å². The molecule has 4 aromatic heterocycles. The fraction of sp³-hybridized carbons (Fsp3) is 0.0227. The number of imidazole rings is 1. The van der Waals surface area contributed by atoms with Gasteiger partial charge in [0.25, 0.3) is 0 Å². The van der Waals surface area contributed by atoms with Crippen molar-refractivity contribution in [3.05, 3.63) is 181 Å². The molecule has 0 unspecified atom stereocenters. The summed E-state index contributed by atoms with van der Waals surface area (Å²) in [5.41, 5.74) is 11.9. The molecule has 243 valence electrons. The van der Waals surface area contributed by atoms with Crippen LogP contribution < -0.4 is 0 Å². The second-order valence-electron chi connectivity index (χ2n) is 11.6. The molecule has 9 aromatic rings. The first-order valence-corrected chi connectivity index (χ1v) is 16.9. The van der Waals surface area contributed by atoms with Crippen molar-refractivity contribution in [3.63, 3.8) is 0 Å². The zero-order valence-corrected chi connectivity index (χ0v) is 30.3. The Labute approximate surface area is 309 Å². The molecule has 50 heavy (non-hydrogen) atoms. The number of pyridine rings is 2. The molecule has 0 spiro atoms. The molecule has 0 aliphatic rings. The minimum Gasteiger partial charge on any atom is -0.333 e. The molecular weight excluding hydrogens is 809 g/mol. The van der Waals surface area contributed by atoms with Gasteiger partial charge in [-0.25, -0.2) is 0 Å². The average Bonchev–Trinajstić information content (AvgIpc) is 3.77. The van der Waals surface area contributed by atoms with E-state index in [0.717, 1.165) is 56.0 Å². The van der Waals surface area contributed by atoms with Crippen molar-refractivity contribution in [2.24, 2.45) is 0 Å². The van der Waals surface area contributed by atoms with Crippen molar-refractivity contribution in [2.75, 3.05) is 0 Å². The number of benzene rings is 5. The van der Waals surface area contributed by atoms with Crippen LogP contribution in [0.5, 0.6) is 0 Å². The van der Waals surface area contributed by atoms with Crippen LogP contribution in [-0.2, 0) is 20.1 Å². The number of hydrogen-bond acceptors (Lipinski definition) is 4. The number of para-hydroxylation sites is 2. The van der Waals surface area contributed by atoms with E-state index < -0.39 is 0 Å². The maximum atomic E-state index is 5.11. The molecule has 4 nitrogen and oxygen atoms in total. The first-order chi connectivity index (χ1) is 24.2. The van der Waals surface area contributed by atoms with E-state index in [0.29, 0.717) is 0 Å². The zero-order chi connectivity index (χ0) is 33.0. The molecule has 0 saturated carbocycles. The van der Waals surface area contributed by atoms with Gasteiger partial charge in [-0.05, 0) is 77.3 Å². The van der Waals surface area contributed by atoms with Crippen molar-refractivity contribution in [3.8, 4) is 50.6 Å². The molecule has 0 fully saturated rings. The summed E-state index contributed by atoms with van der Waals surface area (Å²) in [6, 6.07) is 55.2. The van der Waals surface area contributed by atoms with Gasteiger partial charge in [0.15, 0.2) is 0 Å². The van der Waals surface area contributed by atoms with Crippen LogP contribution in [0, 0.1) is 18.4 Å². The van der Waals surface area contributed by atoms with Crippen LogP contribution >= 0.6 is 11.3 Å². The number of fused-ring (bicyclic) bond motifs is 2. The predicted molar refractivity (Wildman–Crippen MR) is 203 cm³/mol. The maximum Gasteiger partial charge on any atom is 0.0774 e. The average molecular weight is 839 g/mol. The first-order valence-electron chi connectivity index (χ1n) is 16.1. The molecule has 0 saturated heterocycles. The third-order valence-corrected chi connectivity index (χ3v) is 9.29. The van der Waals surface area contributed by atoms with Crippen molar-refractivity contribution in [1.82, 2.24) is 19.5 Å². The molecule has 6 heteroatoms. The fourth-order valence-corrected chi connectivity index (χ4v) is 6.83. The van der Waals surface area contributed by atoms with Crippen molar-refractivity contribution < 1.29 is 20.1 Å². The van der Waals surface area contributed by atoms with Crippen LogP contribution in [0.1, 0.15) is 5.69 Å². The molecular formula is C44H30IrN4S-2. The van der Waals surface area contributed by atoms with E-state index in [9.17, 15) is 0 Å². The van der Waals surface area contributed by atoms with Crippen LogP contribution in [0.3, 0.4) is 0 Å². The van der Waals surface area contributed by atoms with Gasteiger partial charge in [0, 0.05) is 43.9 Å². The molecule has 0 amide bonds. The molecule has 0 N–H and O–H groups in total. The third-order valence-electron chi connectivity index (χ3n) is 8.41. The van der Waals surface area contributed by atoms with Gasteiger partial charge >= 0.3 is 0 Å². The molecule has 9 rings (SSSR count). The number of thiophene rings is 1. The normalized spacial score (nSPS) is 10.7. The topological polar surface area (TPSA) is 43.6 Å². The van der Waals surface area contributed by atoms with E-state index in [1.54, 1.807) is 17.5 Å². The Balaban J connectivity index is 0.000000255. The molecule has 4 heterocycles. The van der Waals surface area contributed by atoms with E-state index in [4.69, 9.17) is 4.98 Å². The molecule has 0 atom stereocenters. The molecule has 0 aliphatic carbocycles. The summed E-state index contributed by atoms with van der Waals surface area (Å²) in [7, 11) is 0. The van der Waals surface area contributed by atoms with Gasteiger partial charge < -0.3 is 9.55 Å². The summed E-state index contributed by atoms with van der Waals surface area (Å²) in [5.74, 6) is 0.906. The summed E-state index contributed by atoms with van der Waals surface area (Å²) < 4.78 is 3.45. The quantitative estimate of drug-likeness (QED) is 0.162. The molecule has 0 bridgehead atoms. The summed E-state index contributed by atoms with van der Waals surface area (Å²) in [6.07, 6.45) is 3.66. The minimum atomic E-state index is 0. The zero-order valence-electron chi connectivity index (χ0n) is 27.1. The maximum absolute atomic E-state index is 5.11.